The van der Waals surface area contributed by atoms with Crippen LogP contribution >= 0.6 is 0 Å². The van der Waals surface area contributed by atoms with Gasteiger partial charge in [-0.05, 0) is 18.4 Å². The van der Waals surface area contributed by atoms with E-state index in [2.05, 4.69) is 4.98 Å². The molecule has 6 heteroatoms. The molecule has 0 unspecified atom stereocenters. The molecule has 2 saturated heterocycles. The van der Waals surface area contributed by atoms with Crippen LogP contribution in [0.25, 0.3) is 0 Å². The van der Waals surface area contributed by atoms with Gasteiger partial charge in [-0.25, -0.2) is 4.98 Å². The molecule has 1 aromatic heterocycles. The number of nitrogens with zero attached hydrogens (tertiary/aromatic N) is 3. The Balaban J connectivity index is 1.48. The van der Waals surface area contributed by atoms with Gasteiger partial charge < -0.3 is 14.4 Å². The quantitative estimate of drug-likeness (QED) is 0.824. The van der Waals surface area contributed by atoms with Crippen molar-refractivity contribution in [1.82, 2.24) is 9.88 Å². The van der Waals surface area contributed by atoms with E-state index in [0.29, 0.717) is 29.9 Å². The third kappa shape index (κ3) is 3.51. The normalized spacial score (nSPS) is 25.6. The summed E-state index contributed by atoms with van der Waals surface area (Å²) >= 11 is 0. The fraction of sp³-hybridized carbons (Fsp3) is 0.611. The topological polar surface area (TPSA) is 75.5 Å². The van der Waals surface area contributed by atoms with Gasteiger partial charge in [0.25, 0.3) is 0 Å². The van der Waals surface area contributed by atoms with Gasteiger partial charge in [-0.2, -0.15) is 5.26 Å². The van der Waals surface area contributed by atoms with Gasteiger partial charge in [0.15, 0.2) is 0 Å². The Kier molecular flexibility index (Phi) is 5.00. The predicted molar refractivity (Wildman–Crippen MR) is 87.2 cm³/mol. The average Bonchev–Trinajstić information content (AvgIpc) is 3.16. The summed E-state index contributed by atoms with van der Waals surface area (Å²) in [6.45, 7) is 6.69. The van der Waals surface area contributed by atoms with Gasteiger partial charge in [0, 0.05) is 37.2 Å². The maximum atomic E-state index is 12.1. The van der Waals surface area contributed by atoms with Crippen LogP contribution in [0.5, 0.6) is 5.88 Å². The summed E-state index contributed by atoms with van der Waals surface area (Å²) in [6, 6.07) is 5.45. The molecule has 0 aromatic carbocycles. The van der Waals surface area contributed by atoms with Crippen molar-refractivity contribution in [3.63, 3.8) is 0 Å². The smallest absolute Gasteiger partial charge is 0.225 e. The molecular formula is C18H23N3O3. The van der Waals surface area contributed by atoms with Crippen LogP contribution in [-0.2, 0) is 9.53 Å². The molecule has 3 atom stereocenters. The largest absolute Gasteiger partial charge is 0.478 e. The van der Waals surface area contributed by atoms with E-state index in [1.165, 1.54) is 6.20 Å². The Hall–Kier alpha value is -2.13. The number of amides is 1. The van der Waals surface area contributed by atoms with E-state index in [4.69, 9.17) is 14.7 Å². The summed E-state index contributed by atoms with van der Waals surface area (Å²) < 4.78 is 11.6. The Morgan fingerprint density at radius 3 is 3.00 bits per heavy atom. The van der Waals surface area contributed by atoms with Crippen LogP contribution in [0.2, 0.25) is 0 Å². The first-order valence-corrected chi connectivity index (χ1v) is 8.48. The molecule has 0 spiro atoms. The number of fused-ring (bicyclic) bond motifs is 1. The zero-order chi connectivity index (χ0) is 17.1. The number of rotatable bonds is 5. The second-order valence-corrected chi connectivity index (χ2v) is 6.83. The molecule has 0 saturated carbocycles. The number of pyridine rings is 1. The molecule has 0 N–H and O–H groups in total. The highest BCUT2D eigenvalue weighted by Crippen LogP contribution is 2.36. The van der Waals surface area contributed by atoms with Crippen molar-refractivity contribution >= 4 is 5.91 Å². The Labute approximate surface area is 142 Å². The van der Waals surface area contributed by atoms with E-state index in [9.17, 15) is 4.79 Å². The highest BCUT2D eigenvalue weighted by atomic mass is 16.5. The lowest BCUT2D eigenvalue weighted by Gasteiger charge is -2.21. The second-order valence-electron chi connectivity index (χ2n) is 6.83. The number of carbonyl (C=O) groups excluding carboxylic acids is 1. The van der Waals surface area contributed by atoms with Gasteiger partial charge in [0.2, 0.25) is 11.8 Å². The van der Waals surface area contributed by atoms with Gasteiger partial charge in [-0.1, -0.05) is 13.8 Å². The summed E-state index contributed by atoms with van der Waals surface area (Å²) in [4.78, 5) is 18.2. The standard InChI is InChI=1S/C18H23N3O3/c1-12(2)18(22)21-9-15-14(11-24-16(15)10-21)5-6-23-17-4-3-13(7-19)8-20-17/h3-4,8,12,14-16H,5-6,9-11H2,1-2H3/t14-,15-,16-/m0/s1. The maximum absolute atomic E-state index is 12.1. The van der Waals surface area contributed by atoms with E-state index in [0.717, 1.165) is 26.1 Å². The Morgan fingerprint density at radius 2 is 2.33 bits per heavy atom. The summed E-state index contributed by atoms with van der Waals surface area (Å²) in [7, 11) is 0. The minimum absolute atomic E-state index is 0.0352. The second kappa shape index (κ2) is 7.18. The molecule has 6 nitrogen and oxygen atoms in total. The minimum Gasteiger partial charge on any atom is -0.478 e. The van der Waals surface area contributed by atoms with Gasteiger partial charge in [0.1, 0.15) is 6.07 Å². The minimum atomic E-state index is 0.0352. The number of hydrogen-bond donors (Lipinski definition) is 0. The lowest BCUT2D eigenvalue weighted by molar-refractivity contribution is -0.134. The number of nitriles is 1. The maximum Gasteiger partial charge on any atom is 0.225 e. The number of ether oxygens (including phenoxy) is 2. The molecule has 0 radical (unpaired) electrons. The first-order chi connectivity index (χ1) is 11.6. The number of aromatic nitrogens is 1. The molecule has 2 aliphatic heterocycles. The number of carbonyl (C=O) groups is 1. The van der Waals surface area contributed by atoms with Gasteiger partial charge >= 0.3 is 0 Å². The van der Waals surface area contributed by atoms with Crippen molar-refractivity contribution in [3.05, 3.63) is 23.9 Å². The molecule has 3 heterocycles. The van der Waals surface area contributed by atoms with Crippen LogP contribution in [0.15, 0.2) is 18.3 Å². The van der Waals surface area contributed by atoms with Gasteiger partial charge in [0.05, 0.1) is 24.9 Å². The molecule has 0 bridgehead atoms. The molecule has 0 aliphatic carbocycles. The van der Waals surface area contributed by atoms with E-state index in [1.807, 2.05) is 24.8 Å². The molecule has 1 aromatic rings. The van der Waals surface area contributed by atoms with Gasteiger partial charge in [-0.3, -0.25) is 4.79 Å². The SMILES string of the molecule is CC(C)C(=O)N1C[C@H]2[C@@H](CCOc3ccc(C#N)cn3)CO[C@H]2C1. The number of likely N-dealkylation sites (tertiary alicyclic amines) is 1. The highest BCUT2D eigenvalue weighted by molar-refractivity contribution is 5.78. The Morgan fingerprint density at radius 1 is 1.50 bits per heavy atom. The van der Waals surface area contributed by atoms with Gasteiger partial charge in [-0.15, -0.1) is 0 Å². The monoisotopic (exact) mass is 329 g/mol. The van der Waals surface area contributed by atoms with Crippen molar-refractivity contribution in [2.75, 3.05) is 26.3 Å². The fourth-order valence-corrected chi connectivity index (χ4v) is 3.49. The predicted octanol–water partition coefficient (Wildman–Crippen LogP) is 1.85. The van der Waals surface area contributed by atoms with E-state index in [-0.39, 0.29) is 17.9 Å². The van der Waals surface area contributed by atoms with Crippen LogP contribution in [-0.4, -0.2) is 48.2 Å². The van der Waals surface area contributed by atoms with E-state index < -0.39 is 0 Å². The lowest BCUT2D eigenvalue weighted by atomic mass is 9.91. The molecule has 3 rings (SSSR count). The summed E-state index contributed by atoms with van der Waals surface area (Å²) in [6.07, 6.45) is 2.56. The van der Waals surface area contributed by atoms with Crippen molar-refractivity contribution in [2.45, 2.75) is 26.4 Å². The number of hydrogen-bond acceptors (Lipinski definition) is 5. The molecule has 2 fully saturated rings. The zero-order valence-electron chi connectivity index (χ0n) is 14.1. The van der Waals surface area contributed by atoms with Crippen molar-refractivity contribution < 1.29 is 14.3 Å². The van der Waals surface area contributed by atoms with Crippen LogP contribution in [0.4, 0.5) is 0 Å². The van der Waals surface area contributed by atoms with Crippen LogP contribution in [0.1, 0.15) is 25.8 Å². The summed E-state index contributed by atoms with van der Waals surface area (Å²) in [5.74, 6) is 1.61. The summed E-state index contributed by atoms with van der Waals surface area (Å²) in [5, 5.41) is 8.76. The van der Waals surface area contributed by atoms with Crippen LogP contribution in [0, 0.1) is 29.1 Å². The molecule has 128 valence electrons. The molecule has 2 aliphatic rings. The molecule has 1 amide bonds. The highest BCUT2D eigenvalue weighted by Gasteiger charge is 2.45. The molecular weight excluding hydrogens is 306 g/mol. The van der Waals surface area contributed by atoms with E-state index >= 15 is 0 Å². The van der Waals surface area contributed by atoms with Crippen LogP contribution in [0.3, 0.4) is 0 Å². The summed E-state index contributed by atoms with van der Waals surface area (Å²) in [5.41, 5.74) is 0.523. The molecule has 24 heavy (non-hydrogen) atoms. The van der Waals surface area contributed by atoms with Crippen molar-refractivity contribution in [2.24, 2.45) is 17.8 Å². The average molecular weight is 329 g/mol. The fourth-order valence-electron chi connectivity index (χ4n) is 3.49. The first kappa shape index (κ1) is 16.7. The lowest BCUT2D eigenvalue weighted by Crippen LogP contribution is -2.34. The van der Waals surface area contributed by atoms with Crippen molar-refractivity contribution in [1.29, 1.82) is 5.26 Å². The third-order valence-electron chi connectivity index (χ3n) is 4.85. The Bertz CT molecular complexity index is 623. The van der Waals surface area contributed by atoms with Crippen molar-refractivity contribution in [3.8, 4) is 11.9 Å². The van der Waals surface area contributed by atoms with E-state index in [1.54, 1.807) is 12.1 Å². The first-order valence-electron chi connectivity index (χ1n) is 8.48. The van der Waals surface area contributed by atoms with Crippen LogP contribution < -0.4 is 4.74 Å². The zero-order valence-corrected chi connectivity index (χ0v) is 14.1. The third-order valence-corrected chi connectivity index (χ3v) is 4.85.